The summed E-state index contributed by atoms with van der Waals surface area (Å²) < 4.78 is 10.8. The van der Waals surface area contributed by atoms with Gasteiger partial charge in [-0.1, -0.05) is 60.7 Å². The van der Waals surface area contributed by atoms with E-state index < -0.39 is 6.10 Å². The number of esters is 1. The minimum Gasteiger partial charge on any atom is -0.469 e. The zero-order valence-corrected chi connectivity index (χ0v) is 23.0. The maximum absolute atomic E-state index is 11.2. The number of ether oxygens (including phenoxy) is 2. The molecule has 1 aliphatic rings. The first-order valence-electron chi connectivity index (χ1n) is 13.7. The van der Waals surface area contributed by atoms with Gasteiger partial charge in [-0.2, -0.15) is 0 Å². The lowest BCUT2D eigenvalue weighted by atomic mass is 9.88. The van der Waals surface area contributed by atoms with Crippen LogP contribution in [0.3, 0.4) is 0 Å². The Hall–Kier alpha value is -2.47. The summed E-state index contributed by atoms with van der Waals surface area (Å²) in [5.41, 5.74) is 5.15. The summed E-state index contributed by atoms with van der Waals surface area (Å²) in [5.74, 6) is 0.492. The van der Waals surface area contributed by atoms with Gasteiger partial charge in [-0.15, -0.1) is 0 Å². The summed E-state index contributed by atoms with van der Waals surface area (Å²) >= 11 is 0. The van der Waals surface area contributed by atoms with Crippen LogP contribution >= 0.6 is 0 Å². The molecule has 0 unspecified atom stereocenters. The zero-order chi connectivity index (χ0) is 26.7. The lowest BCUT2D eigenvalue weighted by Crippen LogP contribution is -2.45. The Labute approximate surface area is 223 Å². The van der Waals surface area contributed by atoms with E-state index in [1.807, 2.05) is 19.1 Å². The van der Waals surface area contributed by atoms with Gasteiger partial charge >= 0.3 is 5.97 Å². The van der Waals surface area contributed by atoms with Crippen molar-refractivity contribution in [3.8, 4) is 0 Å². The van der Waals surface area contributed by atoms with Crippen molar-refractivity contribution in [3.05, 3.63) is 76.9 Å². The van der Waals surface area contributed by atoms with Gasteiger partial charge in [0.25, 0.3) is 0 Å². The van der Waals surface area contributed by atoms with Crippen LogP contribution in [0.15, 0.2) is 54.6 Å². The van der Waals surface area contributed by atoms with E-state index in [1.54, 1.807) is 0 Å². The van der Waals surface area contributed by atoms with Crippen molar-refractivity contribution in [3.63, 3.8) is 0 Å². The minimum absolute atomic E-state index is 0.0481. The van der Waals surface area contributed by atoms with E-state index >= 15 is 0 Å². The topological polar surface area (TPSA) is 67.8 Å². The van der Waals surface area contributed by atoms with Crippen LogP contribution in [-0.4, -0.2) is 43.0 Å². The number of benzene rings is 2. The predicted molar refractivity (Wildman–Crippen MR) is 150 cm³/mol. The zero-order valence-electron chi connectivity index (χ0n) is 23.0. The molecule has 202 valence electrons. The van der Waals surface area contributed by atoms with Gasteiger partial charge in [-0.25, -0.2) is 0 Å². The highest BCUT2D eigenvalue weighted by atomic mass is 16.5. The molecule has 0 fully saturated rings. The molecule has 0 saturated carbocycles. The highest BCUT2D eigenvalue weighted by Gasteiger charge is 2.28. The first kappa shape index (κ1) is 29.1. The molecule has 0 aliphatic heterocycles. The van der Waals surface area contributed by atoms with E-state index in [0.29, 0.717) is 18.9 Å². The molecular weight excluding hydrogens is 462 g/mol. The van der Waals surface area contributed by atoms with Gasteiger partial charge in [0, 0.05) is 18.5 Å². The van der Waals surface area contributed by atoms with Gasteiger partial charge in [-0.05, 0) is 87.5 Å². The van der Waals surface area contributed by atoms with Gasteiger partial charge in [0.15, 0.2) is 0 Å². The number of carbonyl (C=O) groups excluding carboxylic acids is 1. The summed E-state index contributed by atoms with van der Waals surface area (Å²) in [6.45, 7) is 7.27. The third kappa shape index (κ3) is 9.73. The summed E-state index contributed by atoms with van der Waals surface area (Å²) in [7, 11) is 1.43. The molecule has 0 bridgehead atoms. The third-order valence-corrected chi connectivity index (χ3v) is 7.25. The highest BCUT2D eigenvalue weighted by molar-refractivity contribution is 5.69. The van der Waals surface area contributed by atoms with Gasteiger partial charge in [-0.3, -0.25) is 4.79 Å². The maximum Gasteiger partial charge on any atom is 0.305 e. The van der Waals surface area contributed by atoms with Crippen molar-refractivity contribution < 1.29 is 19.4 Å². The van der Waals surface area contributed by atoms with Crippen LogP contribution in [0.5, 0.6) is 0 Å². The number of unbranched alkanes of at least 4 members (excludes halogenated alkanes) is 2. The molecule has 2 atom stereocenters. The van der Waals surface area contributed by atoms with Crippen LogP contribution in [0.4, 0.5) is 0 Å². The molecule has 2 N–H and O–H groups in total. The Kier molecular flexibility index (Phi) is 11.4. The molecule has 1 aliphatic carbocycles. The molecule has 2 aromatic rings. The summed E-state index contributed by atoms with van der Waals surface area (Å²) in [6.07, 6.45) is 10.1. The second-order valence-corrected chi connectivity index (χ2v) is 11.0. The third-order valence-electron chi connectivity index (χ3n) is 7.25. The molecule has 0 amide bonds. The second-order valence-electron chi connectivity index (χ2n) is 11.0. The Bertz CT molecular complexity index is 990. The van der Waals surface area contributed by atoms with Crippen molar-refractivity contribution in [2.45, 2.75) is 83.5 Å². The van der Waals surface area contributed by atoms with Crippen molar-refractivity contribution in [2.75, 3.05) is 20.3 Å². The lowest BCUT2D eigenvalue weighted by Gasteiger charge is -2.31. The van der Waals surface area contributed by atoms with Crippen molar-refractivity contribution in [2.24, 2.45) is 5.92 Å². The molecule has 0 radical (unpaired) electrons. The normalized spacial score (nSPS) is 15.6. The van der Waals surface area contributed by atoms with Gasteiger partial charge in [0.05, 0.1) is 25.9 Å². The van der Waals surface area contributed by atoms with Crippen LogP contribution in [0, 0.1) is 5.92 Å². The van der Waals surface area contributed by atoms with E-state index in [0.717, 1.165) is 49.7 Å². The molecule has 5 nitrogen and oxygen atoms in total. The smallest absolute Gasteiger partial charge is 0.305 e. The largest absolute Gasteiger partial charge is 0.469 e. The number of fused-ring (bicyclic) bond motifs is 1. The van der Waals surface area contributed by atoms with Crippen molar-refractivity contribution in [1.29, 1.82) is 0 Å². The average Bonchev–Trinajstić information content (AvgIpc) is 3.29. The van der Waals surface area contributed by atoms with Crippen LogP contribution in [0.1, 0.15) is 81.2 Å². The number of aliphatic hydroxyl groups is 1. The van der Waals surface area contributed by atoms with E-state index in [9.17, 15) is 9.90 Å². The van der Waals surface area contributed by atoms with Crippen molar-refractivity contribution >= 4 is 12.0 Å². The Morgan fingerprint density at radius 1 is 1.11 bits per heavy atom. The van der Waals surface area contributed by atoms with E-state index in [-0.39, 0.29) is 24.2 Å². The first-order chi connectivity index (χ1) is 17.8. The molecule has 5 heteroatoms. The molecule has 37 heavy (non-hydrogen) atoms. The fourth-order valence-electron chi connectivity index (χ4n) is 5.26. The van der Waals surface area contributed by atoms with E-state index in [1.165, 1.54) is 18.2 Å². The van der Waals surface area contributed by atoms with Crippen LogP contribution in [0.2, 0.25) is 0 Å². The summed E-state index contributed by atoms with van der Waals surface area (Å²) in [6, 6.07) is 17.0. The number of allylic oxidation sites excluding steroid dienone is 1. The molecule has 0 spiro atoms. The Balaban J connectivity index is 1.39. The van der Waals surface area contributed by atoms with E-state index in [2.05, 4.69) is 72.5 Å². The fraction of sp³-hybridized carbons (Fsp3) is 0.531. The Morgan fingerprint density at radius 3 is 2.49 bits per heavy atom. The molecule has 0 aromatic heterocycles. The highest BCUT2D eigenvalue weighted by Crippen LogP contribution is 2.32. The number of nitrogens with one attached hydrogen (secondary N) is 1. The summed E-state index contributed by atoms with van der Waals surface area (Å²) in [5, 5.41) is 14.2. The van der Waals surface area contributed by atoms with E-state index in [4.69, 9.17) is 4.74 Å². The first-order valence-corrected chi connectivity index (χ1v) is 13.7. The molecule has 0 saturated heterocycles. The number of aliphatic hydroxyl groups excluding tert-OH is 1. The Morgan fingerprint density at radius 2 is 1.78 bits per heavy atom. The minimum atomic E-state index is -0.569. The van der Waals surface area contributed by atoms with Gasteiger partial charge in [0.2, 0.25) is 0 Å². The van der Waals surface area contributed by atoms with Crippen LogP contribution in [0.25, 0.3) is 6.08 Å². The predicted octanol–water partition coefficient (Wildman–Crippen LogP) is 6.05. The maximum atomic E-state index is 11.2. The number of rotatable bonds is 15. The number of β-amino-alcohol motifs (C(OH)–C–C–N with tert-alkyl or cyclic N) is 1. The monoisotopic (exact) mass is 507 g/mol. The number of hydrogen-bond donors (Lipinski definition) is 2. The lowest BCUT2D eigenvalue weighted by molar-refractivity contribution is -0.140. The SMILES string of the molecule is COC(=O)CCCCC=Cc1ccccc1[C@@H](C)OC[C@H](O)CNC(C)(C)CC1Cc2ccccc2C1. The van der Waals surface area contributed by atoms with Crippen molar-refractivity contribution in [1.82, 2.24) is 5.32 Å². The second kappa shape index (κ2) is 14.5. The molecule has 3 rings (SSSR count). The van der Waals surface area contributed by atoms with Gasteiger partial charge in [0.1, 0.15) is 0 Å². The number of hydrogen-bond acceptors (Lipinski definition) is 5. The quantitative estimate of drug-likeness (QED) is 0.227. The van der Waals surface area contributed by atoms with Crippen LogP contribution in [-0.2, 0) is 27.1 Å². The fourth-order valence-corrected chi connectivity index (χ4v) is 5.26. The van der Waals surface area contributed by atoms with Gasteiger partial charge < -0.3 is 19.9 Å². The number of carbonyl (C=O) groups is 1. The summed E-state index contributed by atoms with van der Waals surface area (Å²) in [4.78, 5) is 11.2. The standard InChI is InChI=1S/C32H45NO4/c1-24(30-17-12-11-14-26(30)13-7-5-6-8-18-31(35)36-4)37-23-29(34)22-33-32(2,3)21-25-19-27-15-9-10-16-28(27)20-25/h7,9-17,24-25,29,33-34H,5-6,8,18-23H2,1-4H3/t24-,29-/m1/s1. The average molecular weight is 508 g/mol. The molecule has 0 heterocycles. The molecular formula is C32H45NO4. The molecule has 2 aromatic carbocycles. The van der Waals surface area contributed by atoms with Crippen LogP contribution < -0.4 is 5.32 Å². The number of methoxy groups -OCH3 is 1.